The largest absolute Gasteiger partial charge is 0.357 e. The van der Waals surface area contributed by atoms with Crippen LogP contribution in [0.1, 0.15) is 39.8 Å². The van der Waals surface area contributed by atoms with Crippen LogP contribution in [-0.4, -0.2) is 53.7 Å². The predicted octanol–water partition coefficient (Wildman–Crippen LogP) is 2.65. The first kappa shape index (κ1) is 24.9. The highest BCUT2D eigenvalue weighted by Crippen LogP contribution is 2.12. The molecule has 1 aromatic heterocycles. The minimum absolute atomic E-state index is 0. The molecule has 0 spiro atoms. The number of guanidine groups is 1. The summed E-state index contributed by atoms with van der Waals surface area (Å²) in [6, 6.07) is 7.60. The van der Waals surface area contributed by atoms with E-state index in [4.69, 9.17) is 0 Å². The van der Waals surface area contributed by atoms with E-state index in [1.54, 1.807) is 19.0 Å². The summed E-state index contributed by atoms with van der Waals surface area (Å²) in [6.45, 7) is 8.33. The van der Waals surface area contributed by atoms with Crippen molar-refractivity contribution in [2.45, 2.75) is 33.7 Å². The second kappa shape index (κ2) is 11.8. The predicted molar refractivity (Wildman–Crippen MR) is 129 cm³/mol. The minimum Gasteiger partial charge on any atom is -0.357 e. The molecule has 0 fully saturated rings. The molecule has 0 radical (unpaired) electrons. The van der Waals surface area contributed by atoms with Gasteiger partial charge in [0.1, 0.15) is 0 Å². The SMILES string of the molecule is CCNC(=NCc1ccc(C(=O)N(C)C)cc1)NCCc1c(C)nn(C)c1C.I. The van der Waals surface area contributed by atoms with Crippen molar-refractivity contribution in [2.24, 2.45) is 12.0 Å². The number of nitrogens with zero attached hydrogens (tertiary/aromatic N) is 4. The molecule has 0 bridgehead atoms. The second-order valence-electron chi connectivity index (χ2n) is 7.04. The molecule has 7 nitrogen and oxygen atoms in total. The Morgan fingerprint density at radius 2 is 1.83 bits per heavy atom. The van der Waals surface area contributed by atoms with Crippen LogP contribution in [0.15, 0.2) is 29.3 Å². The maximum absolute atomic E-state index is 12.0. The Labute approximate surface area is 191 Å². The van der Waals surface area contributed by atoms with Crippen molar-refractivity contribution in [3.63, 3.8) is 0 Å². The fourth-order valence-electron chi connectivity index (χ4n) is 3.01. The topological polar surface area (TPSA) is 74.6 Å². The van der Waals surface area contributed by atoms with Gasteiger partial charge in [-0.05, 0) is 50.5 Å². The molecule has 1 amide bonds. The van der Waals surface area contributed by atoms with E-state index in [1.165, 1.54) is 11.3 Å². The molecule has 0 saturated carbocycles. The third-order valence-electron chi connectivity index (χ3n) is 4.70. The van der Waals surface area contributed by atoms with Crippen LogP contribution in [0.3, 0.4) is 0 Å². The molecule has 0 unspecified atom stereocenters. The number of benzene rings is 1. The highest BCUT2D eigenvalue weighted by Gasteiger charge is 2.09. The maximum Gasteiger partial charge on any atom is 0.253 e. The highest BCUT2D eigenvalue weighted by atomic mass is 127. The average molecular weight is 512 g/mol. The van der Waals surface area contributed by atoms with Crippen LogP contribution >= 0.6 is 24.0 Å². The van der Waals surface area contributed by atoms with E-state index < -0.39 is 0 Å². The quantitative estimate of drug-likeness (QED) is 0.340. The molecule has 2 rings (SSSR count). The average Bonchev–Trinajstić information content (AvgIpc) is 2.91. The molecule has 0 aliphatic carbocycles. The Bertz CT molecular complexity index is 826. The van der Waals surface area contributed by atoms with E-state index in [0.29, 0.717) is 12.1 Å². The summed E-state index contributed by atoms with van der Waals surface area (Å²) in [4.78, 5) is 18.2. The third-order valence-corrected chi connectivity index (χ3v) is 4.70. The molecule has 0 atom stereocenters. The van der Waals surface area contributed by atoms with Crippen LogP contribution in [0.4, 0.5) is 0 Å². The van der Waals surface area contributed by atoms with Crippen molar-refractivity contribution in [1.82, 2.24) is 25.3 Å². The first-order valence-corrected chi connectivity index (χ1v) is 9.65. The van der Waals surface area contributed by atoms with E-state index in [9.17, 15) is 4.79 Å². The van der Waals surface area contributed by atoms with E-state index >= 15 is 0 Å². The first-order valence-electron chi connectivity index (χ1n) is 9.65. The van der Waals surface area contributed by atoms with Gasteiger partial charge in [-0.1, -0.05) is 12.1 Å². The Kier molecular flexibility index (Phi) is 10.1. The highest BCUT2D eigenvalue weighted by molar-refractivity contribution is 14.0. The van der Waals surface area contributed by atoms with Crippen LogP contribution in [0.5, 0.6) is 0 Å². The number of hydrogen-bond donors (Lipinski definition) is 2. The molecule has 160 valence electrons. The van der Waals surface area contributed by atoms with Gasteiger partial charge < -0.3 is 15.5 Å². The van der Waals surface area contributed by atoms with Crippen molar-refractivity contribution < 1.29 is 4.79 Å². The van der Waals surface area contributed by atoms with Gasteiger partial charge in [0.15, 0.2) is 5.96 Å². The van der Waals surface area contributed by atoms with Gasteiger partial charge in [-0.2, -0.15) is 5.10 Å². The fraction of sp³-hybridized carbons (Fsp3) is 0.476. The molecule has 0 saturated heterocycles. The fourth-order valence-corrected chi connectivity index (χ4v) is 3.01. The van der Waals surface area contributed by atoms with Gasteiger partial charge in [0, 0.05) is 45.5 Å². The Morgan fingerprint density at radius 3 is 2.34 bits per heavy atom. The normalized spacial score (nSPS) is 11.0. The molecule has 8 heteroatoms. The second-order valence-corrected chi connectivity index (χ2v) is 7.04. The van der Waals surface area contributed by atoms with Crippen molar-refractivity contribution in [3.8, 4) is 0 Å². The number of aryl methyl sites for hydroxylation is 2. The molecule has 1 aromatic carbocycles. The van der Waals surface area contributed by atoms with Gasteiger partial charge in [0.2, 0.25) is 0 Å². The molecule has 0 aliphatic rings. The van der Waals surface area contributed by atoms with Crippen molar-refractivity contribution >= 4 is 35.8 Å². The lowest BCUT2D eigenvalue weighted by molar-refractivity contribution is 0.0827. The number of hydrogen-bond acceptors (Lipinski definition) is 3. The Morgan fingerprint density at radius 1 is 1.17 bits per heavy atom. The third kappa shape index (κ3) is 7.02. The molecule has 1 heterocycles. The molecule has 2 aromatic rings. The van der Waals surface area contributed by atoms with E-state index in [2.05, 4.69) is 27.6 Å². The summed E-state index contributed by atoms with van der Waals surface area (Å²) in [7, 11) is 5.48. The van der Waals surface area contributed by atoms with E-state index in [-0.39, 0.29) is 29.9 Å². The monoisotopic (exact) mass is 512 g/mol. The number of aliphatic imine (C=N–C) groups is 1. The number of aromatic nitrogens is 2. The van der Waals surface area contributed by atoms with Gasteiger partial charge in [-0.25, -0.2) is 4.99 Å². The van der Waals surface area contributed by atoms with Crippen LogP contribution in [-0.2, 0) is 20.0 Å². The number of nitrogens with one attached hydrogen (secondary N) is 2. The number of halogens is 1. The molecule has 2 N–H and O–H groups in total. The first-order chi connectivity index (χ1) is 13.3. The minimum atomic E-state index is 0. The van der Waals surface area contributed by atoms with Gasteiger partial charge in [0.25, 0.3) is 5.91 Å². The molecular formula is C21H33IN6O. The summed E-state index contributed by atoms with van der Waals surface area (Å²) >= 11 is 0. The van der Waals surface area contributed by atoms with Crippen molar-refractivity contribution in [1.29, 1.82) is 0 Å². The maximum atomic E-state index is 12.0. The molecule has 0 aliphatic heterocycles. The molecule has 29 heavy (non-hydrogen) atoms. The summed E-state index contributed by atoms with van der Waals surface area (Å²) in [5, 5.41) is 11.1. The summed E-state index contributed by atoms with van der Waals surface area (Å²) in [5.74, 6) is 0.793. The number of carbonyl (C=O) groups excluding carboxylic acids is 1. The van der Waals surface area contributed by atoms with Gasteiger partial charge >= 0.3 is 0 Å². The van der Waals surface area contributed by atoms with Gasteiger partial charge in [0.05, 0.1) is 12.2 Å². The summed E-state index contributed by atoms with van der Waals surface area (Å²) in [6.07, 6.45) is 0.900. The van der Waals surface area contributed by atoms with Crippen LogP contribution in [0.25, 0.3) is 0 Å². The number of carbonyl (C=O) groups is 1. The zero-order chi connectivity index (χ0) is 20.7. The van der Waals surface area contributed by atoms with E-state index in [0.717, 1.165) is 36.7 Å². The lowest BCUT2D eigenvalue weighted by Gasteiger charge is -2.12. The zero-order valence-corrected chi connectivity index (χ0v) is 20.6. The Hall–Kier alpha value is -2.10. The van der Waals surface area contributed by atoms with Crippen molar-refractivity contribution in [2.75, 3.05) is 27.2 Å². The van der Waals surface area contributed by atoms with Crippen LogP contribution in [0, 0.1) is 13.8 Å². The molecular weight excluding hydrogens is 479 g/mol. The zero-order valence-electron chi connectivity index (χ0n) is 18.2. The summed E-state index contributed by atoms with van der Waals surface area (Å²) in [5.41, 5.74) is 5.31. The van der Waals surface area contributed by atoms with Crippen molar-refractivity contribution in [3.05, 3.63) is 52.3 Å². The van der Waals surface area contributed by atoms with Gasteiger partial charge in [-0.3, -0.25) is 9.48 Å². The standard InChI is InChI=1S/C21H32N6O.HI/c1-7-22-21(23-13-12-19-15(2)25-27(6)16(19)3)24-14-17-8-10-18(11-9-17)20(28)26(4)5;/h8-11H,7,12-14H2,1-6H3,(H2,22,23,24);1H. The lowest BCUT2D eigenvalue weighted by Crippen LogP contribution is -2.38. The van der Waals surface area contributed by atoms with Crippen LogP contribution < -0.4 is 10.6 Å². The van der Waals surface area contributed by atoms with Crippen LogP contribution in [0.2, 0.25) is 0 Å². The smallest absolute Gasteiger partial charge is 0.253 e. The lowest BCUT2D eigenvalue weighted by atomic mass is 10.1. The number of rotatable bonds is 7. The Balaban J connectivity index is 0.00000420. The summed E-state index contributed by atoms with van der Waals surface area (Å²) < 4.78 is 1.93. The number of amides is 1. The van der Waals surface area contributed by atoms with E-state index in [1.807, 2.05) is 49.8 Å². The van der Waals surface area contributed by atoms with Gasteiger partial charge in [-0.15, -0.1) is 24.0 Å².